The highest BCUT2D eigenvalue weighted by atomic mass is 14.9. The van der Waals surface area contributed by atoms with Gasteiger partial charge in [-0.2, -0.15) is 0 Å². The van der Waals surface area contributed by atoms with Crippen molar-refractivity contribution in [2.75, 3.05) is 5.73 Å². The molecular formula is C17H17N3. The quantitative estimate of drug-likeness (QED) is 0.760. The highest BCUT2D eigenvalue weighted by Crippen LogP contribution is 2.28. The van der Waals surface area contributed by atoms with E-state index in [4.69, 9.17) is 5.73 Å². The number of aromatic nitrogens is 2. The van der Waals surface area contributed by atoms with Gasteiger partial charge in [0.15, 0.2) is 5.65 Å². The van der Waals surface area contributed by atoms with Gasteiger partial charge in [0.1, 0.15) is 5.82 Å². The minimum absolute atomic E-state index is 0.522. The molecule has 1 aromatic carbocycles. The lowest BCUT2D eigenvalue weighted by atomic mass is 9.98. The number of nitrogens with two attached hydrogens (primary N) is 1. The number of pyridine rings is 2. The summed E-state index contributed by atoms with van der Waals surface area (Å²) >= 11 is 0. The van der Waals surface area contributed by atoms with E-state index in [9.17, 15) is 0 Å². The molecule has 0 saturated heterocycles. The molecule has 0 aliphatic rings. The number of anilines is 1. The summed E-state index contributed by atoms with van der Waals surface area (Å²) in [5.41, 5.74) is 10.1. The summed E-state index contributed by atoms with van der Waals surface area (Å²) in [5, 5.41) is 1.00. The number of fused-ring (bicyclic) bond motifs is 1. The summed E-state index contributed by atoms with van der Waals surface area (Å²) in [4.78, 5) is 8.60. The maximum atomic E-state index is 6.07. The van der Waals surface area contributed by atoms with Crippen molar-refractivity contribution in [3.05, 3.63) is 54.2 Å². The molecule has 3 nitrogen and oxygen atoms in total. The Balaban J connectivity index is 2.11. The molecule has 0 aliphatic heterocycles. The zero-order valence-electron chi connectivity index (χ0n) is 11.7. The van der Waals surface area contributed by atoms with Gasteiger partial charge in [0.2, 0.25) is 0 Å². The van der Waals surface area contributed by atoms with Gasteiger partial charge in [0, 0.05) is 17.1 Å². The highest BCUT2D eigenvalue weighted by Gasteiger charge is 2.07. The first-order valence-electron chi connectivity index (χ1n) is 6.77. The van der Waals surface area contributed by atoms with Crippen LogP contribution in [0, 0.1) is 0 Å². The minimum atomic E-state index is 0.522. The van der Waals surface area contributed by atoms with Gasteiger partial charge >= 0.3 is 0 Å². The molecule has 100 valence electrons. The molecule has 2 aromatic heterocycles. The molecule has 3 heteroatoms. The maximum Gasteiger partial charge on any atom is 0.161 e. The van der Waals surface area contributed by atoms with Gasteiger partial charge in [-0.15, -0.1) is 0 Å². The summed E-state index contributed by atoms with van der Waals surface area (Å²) in [6.45, 7) is 4.37. The maximum absolute atomic E-state index is 6.07. The van der Waals surface area contributed by atoms with Crippen LogP contribution in [-0.4, -0.2) is 9.97 Å². The van der Waals surface area contributed by atoms with E-state index >= 15 is 0 Å². The Morgan fingerprint density at radius 3 is 2.50 bits per heavy atom. The molecular weight excluding hydrogens is 246 g/mol. The Bertz CT molecular complexity index is 746. The van der Waals surface area contributed by atoms with Crippen LogP contribution in [0.5, 0.6) is 0 Å². The van der Waals surface area contributed by atoms with Crippen LogP contribution in [0.25, 0.3) is 22.2 Å². The van der Waals surface area contributed by atoms with Gasteiger partial charge in [-0.1, -0.05) is 38.1 Å². The van der Waals surface area contributed by atoms with Gasteiger partial charge in [-0.25, -0.2) is 9.97 Å². The van der Waals surface area contributed by atoms with Crippen LogP contribution in [0.15, 0.2) is 48.7 Å². The van der Waals surface area contributed by atoms with Crippen LogP contribution in [0.1, 0.15) is 25.3 Å². The zero-order chi connectivity index (χ0) is 14.1. The molecule has 20 heavy (non-hydrogen) atoms. The van der Waals surface area contributed by atoms with E-state index in [1.54, 1.807) is 6.20 Å². The summed E-state index contributed by atoms with van der Waals surface area (Å²) in [5.74, 6) is 1.05. The van der Waals surface area contributed by atoms with E-state index in [2.05, 4.69) is 54.1 Å². The zero-order valence-corrected chi connectivity index (χ0v) is 11.7. The fourth-order valence-corrected chi connectivity index (χ4v) is 2.30. The number of hydrogen-bond acceptors (Lipinski definition) is 3. The standard InChI is InChI=1S/C17H17N3/c1-11(2)12-5-7-13(8-6-12)15-10-14-4-3-9-19-17(14)20-16(15)18/h3-11H,1-2H3,(H2,18,19,20). The van der Waals surface area contributed by atoms with Crippen molar-refractivity contribution in [2.45, 2.75) is 19.8 Å². The molecule has 0 aliphatic carbocycles. The van der Waals surface area contributed by atoms with Crippen LogP contribution >= 0.6 is 0 Å². The monoisotopic (exact) mass is 263 g/mol. The highest BCUT2D eigenvalue weighted by molar-refractivity contribution is 5.86. The number of nitrogens with zero attached hydrogens (tertiary/aromatic N) is 2. The fraction of sp³-hybridized carbons (Fsp3) is 0.176. The number of nitrogen functional groups attached to an aromatic ring is 1. The van der Waals surface area contributed by atoms with Crippen LogP contribution in [-0.2, 0) is 0 Å². The number of hydrogen-bond donors (Lipinski definition) is 1. The van der Waals surface area contributed by atoms with E-state index in [-0.39, 0.29) is 0 Å². The molecule has 0 atom stereocenters. The van der Waals surface area contributed by atoms with E-state index < -0.39 is 0 Å². The topological polar surface area (TPSA) is 51.8 Å². The molecule has 0 saturated carbocycles. The lowest BCUT2D eigenvalue weighted by Crippen LogP contribution is -1.96. The molecule has 3 rings (SSSR count). The first kappa shape index (κ1) is 12.6. The van der Waals surface area contributed by atoms with Crippen molar-refractivity contribution in [2.24, 2.45) is 0 Å². The Morgan fingerprint density at radius 1 is 1.05 bits per heavy atom. The molecule has 0 fully saturated rings. The first-order chi connectivity index (χ1) is 9.65. The van der Waals surface area contributed by atoms with Crippen LogP contribution in [0.4, 0.5) is 5.82 Å². The van der Waals surface area contributed by atoms with Crippen LogP contribution < -0.4 is 5.73 Å². The van der Waals surface area contributed by atoms with E-state index in [0.717, 1.165) is 16.5 Å². The molecule has 0 unspecified atom stereocenters. The van der Waals surface area contributed by atoms with Gasteiger partial charge in [-0.05, 0) is 35.2 Å². The molecule has 0 bridgehead atoms. The second-order valence-corrected chi connectivity index (χ2v) is 5.25. The van der Waals surface area contributed by atoms with Crippen molar-refractivity contribution in [1.29, 1.82) is 0 Å². The minimum Gasteiger partial charge on any atom is -0.383 e. The molecule has 2 N–H and O–H groups in total. The summed E-state index contributed by atoms with van der Waals surface area (Å²) < 4.78 is 0. The third-order valence-electron chi connectivity index (χ3n) is 3.51. The second-order valence-electron chi connectivity index (χ2n) is 5.25. The van der Waals surface area contributed by atoms with E-state index in [1.165, 1.54) is 5.56 Å². The second kappa shape index (κ2) is 4.93. The van der Waals surface area contributed by atoms with Crippen LogP contribution in [0.3, 0.4) is 0 Å². The van der Waals surface area contributed by atoms with Crippen molar-refractivity contribution >= 4 is 16.9 Å². The lowest BCUT2D eigenvalue weighted by Gasteiger charge is -2.09. The number of benzene rings is 1. The Kier molecular flexibility index (Phi) is 3.11. The summed E-state index contributed by atoms with van der Waals surface area (Å²) in [7, 11) is 0. The smallest absolute Gasteiger partial charge is 0.161 e. The van der Waals surface area contributed by atoms with Crippen LogP contribution in [0.2, 0.25) is 0 Å². The molecule has 0 amide bonds. The SMILES string of the molecule is CC(C)c1ccc(-c2cc3cccnc3nc2N)cc1. The predicted octanol–water partition coefficient (Wildman–Crippen LogP) is 4.00. The van der Waals surface area contributed by atoms with E-state index in [0.29, 0.717) is 17.4 Å². The summed E-state index contributed by atoms with van der Waals surface area (Å²) in [6, 6.07) is 14.5. The Morgan fingerprint density at radius 2 is 1.80 bits per heavy atom. The first-order valence-corrected chi connectivity index (χ1v) is 6.77. The largest absolute Gasteiger partial charge is 0.383 e. The van der Waals surface area contributed by atoms with Crippen molar-refractivity contribution in [3.8, 4) is 11.1 Å². The Labute approximate surface area is 118 Å². The van der Waals surface area contributed by atoms with E-state index in [1.807, 2.05) is 12.1 Å². The number of rotatable bonds is 2. The Hall–Kier alpha value is -2.42. The fourth-order valence-electron chi connectivity index (χ4n) is 2.30. The third-order valence-corrected chi connectivity index (χ3v) is 3.51. The molecule has 0 radical (unpaired) electrons. The van der Waals surface area contributed by atoms with Gasteiger partial charge in [-0.3, -0.25) is 0 Å². The predicted molar refractivity (Wildman–Crippen MR) is 83.5 cm³/mol. The van der Waals surface area contributed by atoms with Gasteiger partial charge < -0.3 is 5.73 Å². The van der Waals surface area contributed by atoms with Crippen molar-refractivity contribution in [3.63, 3.8) is 0 Å². The van der Waals surface area contributed by atoms with Crippen molar-refractivity contribution in [1.82, 2.24) is 9.97 Å². The normalized spacial score (nSPS) is 11.2. The lowest BCUT2D eigenvalue weighted by molar-refractivity contribution is 0.867. The van der Waals surface area contributed by atoms with Crippen molar-refractivity contribution < 1.29 is 0 Å². The molecule has 3 aromatic rings. The van der Waals surface area contributed by atoms with Gasteiger partial charge in [0.05, 0.1) is 0 Å². The molecule has 0 spiro atoms. The average molecular weight is 263 g/mol. The third kappa shape index (κ3) is 2.23. The van der Waals surface area contributed by atoms with Gasteiger partial charge in [0.25, 0.3) is 0 Å². The average Bonchev–Trinajstić information content (AvgIpc) is 2.46. The molecule has 2 heterocycles. The summed E-state index contributed by atoms with van der Waals surface area (Å²) in [6.07, 6.45) is 1.73.